The predicted octanol–water partition coefficient (Wildman–Crippen LogP) is 1.18. The van der Waals surface area contributed by atoms with Crippen molar-refractivity contribution in [2.45, 2.75) is 23.8 Å². The number of nitrogens with two attached hydrogens (primary N) is 1. The van der Waals surface area contributed by atoms with E-state index in [1.165, 1.54) is 29.6 Å². The van der Waals surface area contributed by atoms with E-state index in [1.807, 2.05) is 0 Å². The number of nitrogens with zero attached hydrogens (tertiary/aromatic N) is 1. The molecule has 0 aliphatic heterocycles. The standard InChI is InChI=1S/C12H17FN2O2S/c1-15(12(8-14)9-5-6-9)18(16,17)11-4-2-3-10(13)7-11/h2-4,7,9,12H,5-6,8,14H2,1H3. The first-order valence-corrected chi connectivity index (χ1v) is 7.34. The highest BCUT2D eigenvalue weighted by molar-refractivity contribution is 7.89. The Morgan fingerprint density at radius 1 is 1.50 bits per heavy atom. The predicted molar refractivity (Wildman–Crippen MR) is 66.9 cm³/mol. The average molecular weight is 272 g/mol. The maximum absolute atomic E-state index is 13.1. The van der Waals surface area contributed by atoms with Gasteiger partial charge in [-0.1, -0.05) is 6.07 Å². The minimum absolute atomic E-state index is 0.0240. The van der Waals surface area contributed by atoms with Crippen LogP contribution in [0, 0.1) is 11.7 Å². The van der Waals surface area contributed by atoms with E-state index in [0.29, 0.717) is 5.92 Å². The molecule has 4 nitrogen and oxygen atoms in total. The van der Waals surface area contributed by atoms with Gasteiger partial charge in [0.1, 0.15) is 5.82 Å². The van der Waals surface area contributed by atoms with Gasteiger partial charge in [-0.2, -0.15) is 4.31 Å². The number of rotatable bonds is 5. The van der Waals surface area contributed by atoms with Gasteiger partial charge >= 0.3 is 0 Å². The number of hydrogen-bond donors (Lipinski definition) is 1. The van der Waals surface area contributed by atoms with E-state index in [4.69, 9.17) is 5.73 Å². The van der Waals surface area contributed by atoms with Gasteiger partial charge in [0.25, 0.3) is 0 Å². The lowest BCUT2D eigenvalue weighted by atomic mass is 10.2. The van der Waals surface area contributed by atoms with Gasteiger partial charge in [0.05, 0.1) is 4.90 Å². The molecule has 0 spiro atoms. The van der Waals surface area contributed by atoms with Crippen molar-refractivity contribution in [2.75, 3.05) is 13.6 Å². The van der Waals surface area contributed by atoms with E-state index in [1.54, 1.807) is 0 Å². The Labute approximate surface area is 107 Å². The lowest BCUT2D eigenvalue weighted by molar-refractivity contribution is 0.340. The van der Waals surface area contributed by atoms with Crippen LogP contribution in [0.1, 0.15) is 12.8 Å². The van der Waals surface area contributed by atoms with Crippen molar-refractivity contribution in [3.8, 4) is 0 Å². The number of likely N-dealkylation sites (N-methyl/N-ethyl adjacent to an activating group) is 1. The summed E-state index contributed by atoms with van der Waals surface area (Å²) in [6, 6.07) is 4.85. The summed E-state index contributed by atoms with van der Waals surface area (Å²) in [6.45, 7) is 0.287. The summed E-state index contributed by atoms with van der Waals surface area (Å²) in [4.78, 5) is -0.0240. The van der Waals surface area contributed by atoms with Crippen LogP contribution in [0.15, 0.2) is 29.2 Å². The molecule has 1 atom stereocenters. The molecule has 0 heterocycles. The summed E-state index contributed by atoms with van der Waals surface area (Å²) >= 11 is 0. The van der Waals surface area contributed by atoms with Crippen LogP contribution < -0.4 is 5.73 Å². The fourth-order valence-electron chi connectivity index (χ4n) is 2.09. The SMILES string of the molecule is CN(C(CN)C1CC1)S(=O)(=O)c1cccc(F)c1. The first-order valence-electron chi connectivity index (χ1n) is 5.90. The van der Waals surface area contributed by atoms with Gasteiger partial charge in [0, 0.05) is 19.6 Å². The summed E-state index contributed by atoms with van der Waals surface area (Å²) in [5, 5.41) is 0. The quantitative estimate of drug-likeness (QED) is 0.875. The highest BCUT2D eigenvalue weighted by atomic mass is 32.2. The van der Waals surface area contributed by atoms with Crippen LogP contribution in [-0.2, 0) is 10.0 Å². The second-order valence-electron chi connectivity index (χ2n) is 4.62. The molecule has 0 radical (unpaired) electrons. The van der Waals surface area contributed by atoms with Crippen molar-refractivity contribution in [3.05, 3.63) is 30.1 Å². The molecule has 1 unspecified atom stereocenters. The zero-order chi connectivity index (χ0) is 13.3. The molecule has 2 N–H and O–H groups in total. The van der Waals surface area contributed by atoms with Crippen LogP contribution in [0.3, 0.4) is 0 Å². The highest BCUT2D eigenvalue weighted by Crippen LogP contribution is 2.36. The van der Waals surface area contributed by atoms with E-state index < -0.39 is 15.8 Å². The Hall–Kier alpha value is -0.980. The number of benzene rings is 1. The van der Waals surface area contributed by atoms with Gasteiger partial charge in [-0.25, -0.2) is 12.8 Å². The van der Waals surface area contributed by atoms with Crippen LogP contribution in [-0.4, -0.2) is 32.4 Å². The minimum Gasteiger partial charge on any atom is -0.329 e. The molecule has 1 aliphatic rings. The molecule has 18 heavy (non-hydrogen) atoms. The third kappa shape index (κ3) is 2.55. The summed E-state index contributed by atoms with van der Waals surface area (Å²) in [5.74, 6) is -0.219. The Morgan fingerprint density at radius 3 is 2.67 bits per heavy atom. The van der Waals surface area contributed by atoms with E-state index in [2.05, 4.69) is 0 Å². The molecule has 0 bridgehead atoms. The van der Waals surface area contributed by atoms with Crippen molar-refractivity contribution in [3.63, 3.8) is 0 Å². The first-order chi connectivity index (χ1) is 8.46. The minimum atomic E-state index is -3.66. The van der Waals surface area contributed by atoms with Gasteiger partial charge < -0.3 is 5.73 Å². The maximum atomic E-state index is 13.1. The molecular formula is C12H17FN2O2S. The zero-order valence-electron chi connectivity index (χ0n) is 10.2. The normalized spacial score (nSPS) is 18.0. The summed E-state index contributed by atoms with van der Waals surface area (Å²) < 4.78 is 39.0. The molecule has 1 aromatic carbocycles. The van der Waals surface area contributed by atoms with Crippen LogP contribution >= 0.6 is 0 Å². The van der Waals surface area contributed by atoms with Gasteiger partial charge in [-0.3, -0.25) is 0 Å². The molecule has 2 rings (SSSR count). The second kappa shape index (κ2) is 4.95. The first kappa shape index (κ1) is 13.5. The molecule has 0 aromatic heterocycles. The van der Waals surface area contributed by atoms with Crippen molar-refractivity contribution < 1.29 is 12.8 Å². The molecule has 100 valence electrons. The number of halogens is 1. The van der Waals surface area contributed by atoms with Crippen molar-refractivity contribution in [1.29, 1.82) is 0 Å². The fourth-order valence-corrected chi connectivity index (χ4v) is 3.55. The van der Waals surface area contributed by atoms with Gasteiger partial charge in [-0.05, 0) is 37.0 Å². The van der Waals surface area contributed by atoms with E-state index in [-0.39, 0.29) is 17.5 Å². The fraction of sp³-hybridized carbons (Fsp3) is 0.500. The maximum Gasteiger partial charge on any atom is 0.243 e. The molecule has 1 saturated carbocycles. The van der Waals surface area contributed by atoms with Crippen molar-refractivity contribution in [1.82, 2.24) is 4.31 Å². The van der Waals surface area contributed by atoms with Gasteiger partial charge in [-0.15, -0.1) is 0 Å². The van der Waals surface area contributed by atoms with E-state index in [0.717, 1.165) is 18.9 Å². The summed E-state index contributed by atoms with van der Waals surface area (Å²) in [7, 11) is -2.15. The van der Waals surface area contributed by atoms with Crippen LogP contribution in [0.2, 0.25) is 0 Å². The Balaban J connectivity index is 2.29. The number of sulfonamides is 1. The molecule has 6 heteroatoms. The largest absolute Gasteiger partial charge is 0.329 e. The molecule has 1 fully saturated rings. The van der Waals surface area contributed by atoms with Crippen molar-refractivity contribution >= 4 is 10.0 Å². The molecule has 0 saturated heterocycles. The van der Waals surface area contributed by atoms with Crippen molar-refractivity contribution in [2.24, 2.45) is 11.7 Å². The second-order valence-corrected chi connectivity index (χ2v) is 6.62. The Morgan fingerprint density at radius 2 is 2.17 bits per heavy atom. The van der Waals surface area contributed by atoms with Crippen LogP contribution in [0.4, 0.5) is 4.39 Å². The Bertz CT molecular complexity index is 529. The Kier molecular flexibility index (Phi) is 3.70. The third-order valence-corrected chi connectivity index (χ3v) is 5.23. The summed E-state index contributed by atoms with van der Waals surface area (Å²) in [6.07, 6.45) is 2.01. The van der Waals surface area contributed by atoms with Gasteiger partial charge in [0.15, 0.2) is 0 Å². The molecular weight excluding hydrogens is 255 g/mol. The van der Waals surface area contributed by atoms with Crippen LogP contribution in [0.5, 0.6) is 0 Å². The molecule has 1 aromatic rings. The average Bonchev–Trinajstić information content (AvgIpc) is 3.14. The lowest BCUT2D eigenvalue weighted by Crippen LogP contribution is -2.43. The monoisotopic (exact) mass is 272 g/mol. The van der Waals surface area contributed by atoms with E-state index >= 15 is 0 Å². The highest BCUT2D eigenvalue weighted by Gasteiger charge is 2.38. The summed E-state index contributed by atoms with van der Waals surface area (Å²) in [5.41, 5.74) is 5.64. The van der Waals surface area contributed by atoms with E-state index in [9.17, 15) is 12.8 Å². The zero-order valence-corrected chi connectivity index (χ0v) is 11.0. The third-order valence-electron chi connectivity index (χ3n) is 3.35. The van der Waals surface area contributed by atoms with Crippen LogP contribution in [0.25, 0.3) is 0 Å². The number of hydrogen-bond acceptors (Lipinski definition) is 3. The molecule has 1 aliphatic carbocycles. The van der Waals surface area contributed by atoms with Gasteiger partial charge in [0.2, 0.25) is 10.0 Å². The molecule has 0 amide bonds. The smallest absolute Gasteiger partial charge is 0.243 e. The lowest BCUT2D eigenvalue weighted by Gasteiger charge is -2.26. The topological polar surface area (TPSA) is 63.4 Å².